The fraction of sp³-hybridized carbons (Fsp3) is 0.222. The molecule has 0 aliphatic rings. The Hall–Kier alpha value is -1.33. The molecule has 16 heavy (non-hydrogen) atoms. The Kier molecular flexibility index (Phi) is 3.26. The standard InChI is InChI=1S/C9H9Cl2N5/c1-5-6(4-13-14-5)3-12-7-2-8(10)15-16-9(7)11/h2,4H,3H2,1H3,(H,12,15)(H,13,14). The van der Waals surface area contributed by atoms with Gasteiger partial charge in [0.25, 0.3) is 0 Å². The quantitative estimate of drug-likeness (QED) is 0.887. The molecule has 0 amide bonds. The van der Waals surface area contributed by atoms with Crippen molar-refractivity contribution in [2.75, 3.05) is 5.32 Å². The van der Waals surface area contributed by atoms with Crippen molar-refractivity contribution in [3.05, 3.63) is 33.8 Å². The van der Waals surface area contributed by atoms with Gasteiger partial charge in [-0.2, -0.15) is 5.10 Å². The van der Waals surface area contributed by atoms with Gasteiger partial charge in [0, 0.05) is 23.9 Å². The summed E-state index contributed by atoms with van der Waals surface area (Å²) in [6, 6.07) is 1.63. The van der Waals surface area contributed by atoms with Crippen molar-refractivity contribution in [2.45, 2.75) is 13.5 Å². The second kappa shape index (κ2) is 4.67. The molecule has 0 fully saturated rings. The van der Waals surface area contributed by atoms with Gasteiger partial charge in [-0.1, -0.05) is 23.2 Å². The molecule has 2 aromatic heterocycles. The number of aryl methyl sites for hydroxylation is 1. The number of hydrogen-bond acceptors (Lipinski definition) is 4. The Morgan fingerprint density at radius 1 is 1.38 bits per heavy atom. The minimum atomic E-state index is 0.297. The molecule has 7 heteroatoms. The number of anilines is 1. The van der Waals surface area contributed by atoms with Crippen LogP contribution in [0.1, 0.15) is 11.3 Å². The monoisotopic (exact) mass is 257 g/mol. The molecule has 2 N–H and O–H groups in total. The molecule has 0 bridgehead atoms. The summed E-state index contributed by atoms with van der Waals surface area (Å²) in [6.45, 7) is 2.55. The number of rotatable bonds is 3. The van der Waals surface area contributed by atoms with Gasteiger partial charge in [0.1, 0.15) is 0 Å². The van der Waals surface area contributed by atoms with Crippen LogP contribution < -0.4 is 5.32 Å². The van der Waals surface area contributed by atoms with E-state index in [4.69, 9.17) is 23.2 Å². The van der Waals surface area contributed by atoms with Gasteiger partial charge < -0.3 is 5.32 Å². The molecular weight excluding hydrogens is 249 g/mol. The number of H-pyrrole nitrogens is 1. The van der Waals surface area contributed by atoms with Crippen LogP contribution in [0, 0.1) is 6.92 Å². The van der Waals surface area contributed by atoms with Crippen molar-refractivity contribution in [1.82, 2.24) is 20.4 Å². The van der Waals surface area contributed by atoms with Gasteiger partial charge in [0.2, 0.25) is 0 Å². The van der Waals surface area contributed by atoms with Gasteiger partial charge in [-0.05, 0) is 6.92 Å². The minimum Gasteiger partial charge on any atom is -0.378 e. The summed E-state index contributed by atoms with van der Waals surface area (Å²) < 4.78 is 0. The van der Waals surface area contributed by atoms with Crippen molar-refractivity contribution < 1.29 is 0 Å². The Labute approximate surface area is 102 Å². The molecular formula is C9H9Cl2N5. The van der Waals surface area contributed by atoms with Crippen LogP contribution in [0.3, 0.4) is 0 Å². The highest BCUT2D eigenvalue weighted by molar-refractivity contribution is 6.33. The molecule has 0 saturated carbocycles. The first-order valence-corrected chi connectivity index (χ1v) is 5.34. The maximum atomic E-state index is 5.86. The van der Waals surface area contributed by atoms with Gasteiger partial charge in [-0.3, -0.25) is 5.10 Å². The highest BCUT2D eigenvalue weighted by Crippen LogP contribution is 2.21. The van der Waals surface area contributed by atoms with Crippen molar-refractivity contribution in [3.63, 3.8) is 0 Å². The zero-order valence-corrected chi connectivity index (χ0v) is 9.97. The number of nitrogens with one attached hydrogen (secondary N) is 2. The summed E-state index contributed by atoms with van der Waals surface area (Å²) in [5, 5.41) is 17.8. The average molecular weight is 258 g/mol. The van der Waals surface area contributed by atoms with Crippen molar-refractivity contribution in [1.29, 1.82) is 0 Å². The predicted octanol–water partition coefficient (Wildman–Crippen LogP) is 2.43. The molecule has 0 unspecified atom stereocenters. The highest BCUT2D eigenvalue weighted by Gasteiger charge is 2.05. The van der Waals surface area contributed by atoms with Crippen LogP contribution in [0.2, 0.25) is 10.3 Å². The van der Waals surface area contributed by atoms with Gasteiger partial charge in [0.05, 0.1) is 11.9 Å². The van der Waals surface area contributed by atoms with Gasteiger partial charge >= 0.3 is 0 Å². The molecule has 0 aliphatic carbocycles. The third-order valence-corrected chi connectivity index (χ3v) is 2.59. The second-order valence-electron chi connectivity index (χ2n) is 3.25. The van der Waals surface area contributed by atoms with Crippen molar-refractivity contribution in [2.24, 2.45) is 0 Å². The second-order valence-corrected chi connectivity index (χ2v) is 3.99. The van der Waals surface area contributed by atoms with E-state index in [0.29, 0.717) is 22.5 Å². The van der Waals surface area contributed by atoms with Crippen molar-refractivity contribution in [3.8, 4) is 0 Å². The Morgan fingerprint density at radius 3 is 2.88 bits per heavy atom. The smallest absolute Gasteiger partial charge is 0.174 e. The fourth-order valence-corrected chi connectivity index (χ4v) is 1.53. The van der Waals surface area contributed by atoms with E-state index < -0.39 is 0 Å². The van der Waals surface area contributed by atoms with E-state index in [0.717, 1.165) is 11.3 Å². The van der Waals surface area contributed by atoms with E-state index in [2.05, 4.69) is 25.7 Å². The summed E-state index contributed by atoms with van der Waals surface area (Å²) >= 11 is 11.6. The number of aromatic nitrogens is 4. The maximum Gasteiger partial charge on any atom is 0.174 e. The highest BCUT2D eigenvalue weighted by atomic mass is 35.5. The third kappa shape index (κ3) is 2.43. The lowest BCUT2D eigenvalue weighted by atomic mass is 10.2. The molecule has 2 aromatic rings. The lowest BCUT2D eigenvalue weighted by Gasteiger charge is -2.06. The summed E-state index contributed by atoms with van der Waals surface area (Å²) in [7, 11) is 0. The largest absolute Gasteiger partial charge is 0.378 e. The van der Waals surface area contributed by atoms with Gasteiger partial charge in [0.15, 0.2) is 10.3 Å². The van der Waals surface area contributed by atoms with E-state index in [-0.39, 0.29) is 0 Å². The van der Waals surface area contributed by atoms with Gasteiger partial charge in [-0.15, -0.1) is 10.2 Å². The summed E-state index contributed by atoms with van der Waals surface area (Å²) in [5.41, 5.74) is 2.73. The Bertz CT molecular complexity index is 496. The normalized spacial score (nSPS) is 10.4. The Morgan fingerprint density at radius 2 is 2.19 bits per heavy atom. The van der Waals surface area contributed by atoms with Crippen LogP contribution in [0.4, 0.5) is 5.69 Å². The molecule has 0 aliphatic heterocycles. The molecule has 0 spiro atoms. The van der Waals surface area contributed by atoms with Crippen LogP contribution in [0.5, 0.6) is 0 Å². The minimum absolute atomic E-state index is 0.297. The van der Waals surface area contributed by atoms with E-state index in [9.17, 15) is 0 Å². The number of nitrogens with zero attached hydrogens (tertiary/aromatic N) is 3. The first kappa shape index (κ1) is 11.2. The molecule has 0 saturated heterocycles. The Balaban J connectivity index is 2.10. The summed E-state index contributed by atoms with van der Waals surface area (Å²) in [5.74, 6) is 0. The molecule has 5 nitrogen and oxygen atoms in total. The number of hydrogen-bond donors (Lipinski definition) is 2. The van der Waals surface area contributed by atoms with Gasteiger partial charge in [-0.25, -0.2) is 0 Å². The van der Waals surface area contributed by atoms with E-state index >= 15 is 0 Å². The number of aromatic amines is 1. The van der Waals surface area contributed by atoms with E-state index in [1.54, 1.807) is 12.3 Å². The van der Waals surface area contributed by atoms with Crippen LogP contribution in [-0.2, 0) is 6.54 Å². The third-order valence-electron chi connectivity index (χ3n) is 2.12. The molecule has 2 heterocycles. The van der Waals surface area contributed by atoms with Crippen LogP contribution in [0.15, 0.2) is 12.3 Å². The number of halogens is 2. The predicted molar refractivity (Wildman–Crippen MR) is 62.7 cm³/mol. The molecule has 0 atom stereocenters. The lowest BCUT2D eigenvalue weighted by molar-refractivity contribution is 1.02. The molecule has 0 radical (unpaired) electrons. The van der Waals surface area contributed by atoms with E-state index in [1.165, 1.54) is 0 Å². The lowest BCUT2D eigenvalue weighted by Crippen LogP contribution is -2.02. The van der Waals surface area contributed by atoms with Crippen LogP contribution in [-0.4, -0.2) is 20.4 Å². The topological polar surface area (TPSA) is 66.5 Å². The molecule has 0 aromatic carbocycles. The van der Waals surface area contributed by atoms with Crippen molar-refractivity contribution >= 4 is 28.9 Å². The summed E-state index contributed by atoms with van der Waals surface area (Å²) in [4.78, 5) is 0. The SMILES string of the molecule is Cc1[nH]ncc1CNc1cc(Cl)nnc1Cl. The zero-order valence-electron chi connectivity index (χ0n) is 8.46. The van der Waals surface area contributed by atoms with Crippen LogP contribution in [0.25, 0.3) is 0 Å². The average Bonchev–Trinajstić information content (AvgIpc) is 2.66. The van der Waals surface area contributed by atoms with Crippen LogP contribution >= 0.6 is 23.2 Å². The van der Waals surface area contributed by atoms with E-state index in [1.807, 2.05) is 6.92 Å². The first-order valence-electron chi connectivity index (χ1n) is 4.58. The molecule has 84 valence electrons. The zero-order chi connectivity index (χ0) is 11.5. The molecule has 2 rings (SSSR count). The maximum absolute atomic E-state index is 5.86. The first-order chi connectivity index (χ1) is 7.66. The fourth-order valence-electron chi connectivity index (χ4n) is 1.22. The summed E-state index contributed by atoms with van der Waals surface area (Å²) in [6.07, 6.45) is 1.76.